The molecule has 0 aliphatic rings. The SMILES string of the molecule is Cc1ccc(OCCCC(C)(C)C(=O)O)cc1F. The maximum atomic E-state index is 13.2. The summed E-state index contributed by atoms with van der Waals surface area (Å²) >= 11 is 0. The Hall–Kier alpha value is -1.58. The number of aliphatic carboxylic acids is 1. The van der Waals surface area contributed by atoms with Crippen molar-refractivity contribution in [2.45, 2.75) is 33.6 Å². The summed E-state index contributed by atoms with van der Waals surface area (Å²) in [5.74, 6) is -0.631. The molecular weight excluding hydrogens is 235 g/mol. The topological polar surface area (TPSA) is 46.5 Å². The molecule has 0 radical (unpaired) electrons. The van der Waals surface area contributed by atoms with Crippen molar-refractivity contribution in [2.24, 2.45) is 5.41 Å². The maximum Gasteiger partial charge on any atom is 0.309 e. The van der Waals surface area contributed by atoms with Crippen molar-refractivity contribution in [1.29, 1.82) is 0 Å². The molecule has 0 fully saturated rings. The molecule has 0 bridgehead atoms. The van der Waals surface area contributed by atoms with E-state index in [1.165, 1.54) is 6.07 Å². The molecule has 1 rings (SSSR count). The van der Waals surface area contributed by atoms with E-state index in [2.05, 4.69) is 0 Å². The van der Waals surface area contributed by atoms with Crippen LogP contribution in [0.2, 0.25) is 0 Å². The molecule has 18 heavy (non-hydrogen) atoms. The van der Waals surface area contributed by atoms with Crippen molar-refractivity contribution in [3.63, 3.8) is 0 Å². The van der Waals surface area contributed by atoms with Crippen LogP contribution in [0.3, 0.4) is 0 Å². The van der Waals surface area contributed by atoms with Crippen LogP contribution in [-0.4, -0.2) is 17.7 Å². The highest BCUT2D eigenvalue weighted by atomic mass is 19.1. The monoisotopic (exact) mass is 254 g/mol. The molecule has 0 aliphatic carbocycles. The summed E-state index contributed by atoms with van der Waals surface area (Å²) in [6, 6.07) is 4.71. The number of carboxylic acid groups (broad SMARTS) is 1. The Labute approximate surface area is 107 Å². The highest BCUT2D eigenvalue weighted by Gasteiger charge is 2.26. The standard InChI is InChI=1S/C14H19FO3/c1-10-5-6-11(9-12(10)15)18-8-4-7-14(2,3)13(16)17/h5-6,9H,4,7-8H2,1-3H3,(H,16,17). The van der Waals surface area contributed by atoms with Gasteiger partial charge in [0.25, 0.3) is 0 Å². The summed E-state index contributed by atoms with van der Waals surface area (Å²) in [7, 11) is 0. The van der Waals surface area contributed by atoms with Gasteiger partial charge in [-0.1, -0.05) is 6.07 Å². The molecule has 4 heteroatoms. The van der Waals surface area contributed by atoms with E-state index in [4.69, 9.17) is 9.84 Å². The number of carboxylic acids is 1. The van der Waals surface area contributed by atoms with Gasteiger partial charge >= 0.3 is 5.97 Å². The Kier molecular flexibility index (Phi) is 4.70. The molecule has 1 aromatic carbocycles. The molecule has 100 valence electrons. The molecule has 0 saturated carbocycles. The minimum Gasteiger partial charge on any atom is -0.493 e. The molecule has 0 aliphatic heterocycles. The lowest BCUT2D eigenvalue weighted by atomic mass is 9.88. The van der Waals surface area contributed by atoms with Gasteiger partial charge in [0.05, 0.1) is 12.0 Å². The summed E-state index contributed by atoms with van der Waals surface area (Å²) in [6.07, 6.45) is 1.14. The van der Waals surface area contributed by atoms with E-state index < -0.39 is 11.4 Å². The Morgan fingerprint density at radius 2 is 2.11 bits per heavy atom. The number of ether oxygens (including phenoxy) is 1. The van der Waals surface area contributed by atoms with Gasteiger partial charge in [0.1, 0.15) is 11.6 Å². The molecule has 0 spiro atoms. The number of hydrogen-bond acceptors (Lipinski definition) is 2. The summed E-state index contributed by atoms with van der Waals surface area (Å²) in [5.41, 5.74) is -0.170. The van der Waals surface area contributed by atoms with Gasteiger partial charge in [-0.3, -0.25) is 4.79 Å². The van der Waals surface area contributed by atoms with Crippen LogP contribution < -0.4 is 4.74 Å². The third kappa shape index (κ3) is 4.02. The zero-order valence-electron chi connectivity index (χ0n) is 11.0. The number of aryl methyl sites for hydroxylation is 1. The van der Waals surface area contributed by atoms with E-state index in [0.717, 1.165) is 0 Å². The first kappa shape index (κ1) is 14.5. The fraction of sp³-hybridized carbons (Fsp3) is 0.500. The van der Waals surface area contributed by atoms with Gasteiger partial charge in [0.2, 0.25) is 0 Å². The van der Waals surface area contributed by atoms with Crippen LogP contribution in [0, 0.1) is 18.2 Å². The third-order valence-corrected chi connectivity index (χ3v) is 2.94. The smallest absolute Gasteiger partial charge is 0.309 e. The summed E-state index contributed by atoms with van der Waals surface area (Å²) in [5, 5.41) is 8.93. The molecular formula is C14H19FO3. The fourth-order valence-electron chi connectivity index (χ4n) is 1.47. The minimum absolute atomic E-state index is 0.293. The summed E-state index contributed by atoms with van der Waals surface area (Å²) < 4.78 is 18.6. The molecule has 0 amide bonds. The summed E-state index contributed by atoms with van der Waals surface area (Å²) in [6.45, 7) is 5.44. The van der Waals surface area contributed by atoms with Gasteiger partial charge in [-0.25, -0.2) is 4.39 Å². The van der Waals surface area contributed by atoms with Gasteiger partial charge in [-0.15, -0.1) is 0 Å². The molecule has 1 N–H and O–H groups in total. The first-order valence-electron chi connectivity index (χ1n) is 5.95. The van der Waals surface area contributed by atoms with Crippen LogP contribution in [0.25, 0.3) is 0 Å². The molecule has 0 aromatic heterocycles. The van der Waals surface area contributed by atoms with Gasteiger partial charge in [-0.05, 0) is 45.2 Å². The van der Waals surface area contributed by atoms with Crippen molar-refractivity contribution in [2.75, 3.05) is 6.61 Å². The van der Waals surface area contributed by atoms with E-state index in [0.29, 0.717) is 30.8 Å². The molecule has 0 heterocycles. The average molecular weight is 254 g/mol. The Morgan fingerprint density at radius 3 is 2.67 bits per heavy atom. The zero-order valence-corrected chi connectivity index (χ0v) is 11.0. The van der Waals surface area contributed by atoms with Crippen LogP contribution in [0.1, 0.15) is 32.3 Å². The predicted molar refractivity (Wildman–Crippen MR) is 67.3 cm³/mol. The first-order valence-corrected chi connectivity index (χ1v) is 5.95. The third-order valence-electron chi connectivity index (χ3n) is 2.94. The lowest BCUT2D eigenvalue weighted by Gasteiger charge is -2.18. The number of benzene rings is 1. The zero-order chi connectivity index (χ0) is 13.8. The fourth-order valence-corrected chi connectivity index (χ4v) is 1.47. The Bertz CT molecular complexity index is 427. The molecule has 1 aromatic rings. The maximum absolute atomic E-state index is 13.2. The van der Waals surface area contributed by atoms with Gasteiger partial charge in [0, 0.05) is 6.07 Å². The van der Waals surface area contributed by atoms with Gasteiger partial charge in [-0.2, -0.15) is 0 Å². The number of rotatable bonds is 6. The lowest BCUT2D eigenvalue weighted by molar-refractivity contribution is -0.147. The molecule has 0 saturated heterocycles. The van der Waals surface area contributed by atoms with Crippen LogP contribution in [0.15, 0.2) is 18.2 Å². The average Bonchev–Trinajstić information content (AvgIpc) is 2.29. The lowest BCUT2D eigenvalue weighted by Crippen LogP contribution is -2.24. The van der Waals surface area contributed by atoms with Crippen LogP contribution in [-0.2, 0) is 4.79 Å². The van der Waals surface area contributed by atoms with Crippen molar-refractivity contribution in [1.82, 2.24) is 0 Å². The second-order valence-electron chi connectivity index (χ2n) is 5.05. The summed E-state index contributed by atoms with van der Waals surface area (Å²) in [4.78, 5) is 10.9. The van der Waals surface area contributed by atoms with Crippen LogP contribution in [0.5, 0.6) is 5.75 Å². The van der Waals surface area contributed by atoms with E-state index in [-0.39, 0.29) is 5.82 Å². The molecule has 3 nitrogen and oxygen atoms in total. The van der Waals surface area contributed by atoms with E-state index in [1.54, 1.807) is 32.9 Å². The normalized spacial score (nSPS) is 11.3. The highest BCUT2D eigenvalue weighted by molar-refractivity contribution is 5.73. The highest BCUT2D eigenvalue weighted by Crippen LogP contribution is 2.23. The number of carbonyl (C=O) groups is 1. The van der Waals surface area contributed by atoms with Crippen molar-refractivity contribution in [3.05, 3.63) is 29.6 Å². The van der Waals surface area contributed by atoms with Crippen molar-refractivity contribution >= 4 is 5.97 Å². The largest absolute Gasteiger partial charge is 0.493 e. The molecule has 0 unspecified atom stereocenters. The second kappa shape index (κ2) is 5.85. The van der Waals surface area contributed by atoms with Crippen molar-refractivity contribution < 1.29 is 19.0 Å². The van der Waals surface area contributed by atoms with Crippen LogP contribution in [0.4, 0.5) is 4.39 Å². The number of halogens is 1. The van der Waals surface area contributed by atoms with E-state index in [1.807, 2.05) is 0 Å². The van der Waals surface area contributed by atoms with Crippen LogP contribution >= 0.6 is 0 Å². The van der Waals surface area contributed by atoms with E-state index in [9.17, 15) is 9.18 Å². The quantitative estimate of drug-likeness (QED) is 0.791. The van der Waals surface area contributed by atoms with Gasteiger partial charge in [0.15, 0.2) is 0 Å². The Balaban J connectivity index is 2.38. The van der Waals surface area contributed by atoms with E-state index >= 15 is 0 Å². The minimum atomic E-state index is -0.816. The van der Waals surface area contributed by atoms with Crippen molar-refractivity contribution in [3.8, 4) is 5.75 Å². The molecule has 0 atom stereocenters. The first-order chi connectivity index (χ1) is 8.33. The second-order valence-corrected chi connectivity index (χ2v) is 5.05. The predicted octanol–water partition coefficient (Wildman–Crippen LogP) is 3.40. The van der Waals surface area contributed by atoms with Gasteiger partial charge < -0.3 is 9.84 Å². The Morgan fingerprint density at radius 1 is 1.44 bits per heavy atom. The number of hydrogen-bond donors (Lipinski definition) is 1.